The van der Waals surface area contributed by atoms with E-state index in [4.69, 9.17) is 29.8 Å². The highest BCUT2D eigenvalue weighted by Gasteiger charge is 2.44. The van der Waals surface area contributed by atoms with Crippen LogP contribution in [0.3, 0.4) is 0 Å². The molecule has 1 aromatic heterocycles. The lowest BCUT2D eigenvalue weighted by atomic mass is 9.85. The highest BCUT2D eigenvalue weighted by atomic mass is 32.1. The second-order valence-electron chi connectivity index (χ2n) is 12.3. The van der Waals surface area contributed by atoms with Crippen molar-refractivity contribution in [3.63, 3.8) is 0 Å². The van der Waals surface area contributed by atoms with E-state index >= 15 is 0 Å². The predicted molar refractivity (Wildman–Crippen MR) is 177 cm³/mol. The van der Waals surface area contributed by atoms with Gasteiger partial charge in [-0.05, 0) is 23.5 Å². The number of halogens is 3. The van der Waals surface area contributed by atoms with Gasteiger partial charge in [0, 0.05) is 26.1 Å². The average Bonchev–Trinajstić information content (AvgIpc) is 3.66. The van der Waals surface area contributed by atoms with Gasteiger partial charge in [-0.3, -0.25) is 14.4 Å². The van der Waals surface area contributed by atoms with Crippen molar-refractivity contribution in [2.45, 2.75) is 65.0 Å². The molecule has 0 bridgehead atoms. The first kappa shape index (κ1) is 42.5. The Morgan fingerprint density at radius 2 is 1.62 bits per heavy atom. The molecule has 1 aliphatic rings. The summed E-state index contributed by atoms with van der Waals surface area (Å²) in [7, 11) is 0. The molecule has 18 heteroatoms. The molecule has 3 atom stereocenters. The zero-order chi connectivity index (χ0) is 37.5. The molecule has 2 heterocycles. The summed E-state index contributed by atoms with van der Waals surface area (Å²) in [6.45, 7) is 9.72. The molecular formula is C32H46F3N5O9S. The van der Waals surface area contributed by atoms with Crippen LogP contribution in [0.2, 0.25) is 0 Å². The van der Waals surface area contributed by atoms with E-state index in [1.165, 1.54) is 4.90 Å². The number of rotatable bonds is 16. The number of ether oxygens (including phenoxy) is 3. The Bertz CT molecular complexity index is 1390. The van der Waals surface area contributed by atoms with Crippen LogP contribution < -0.4 is 16.4 Å². The van der Waals surface area contributed by atoms with Gasteiger partial charge in [0.2, 0.25) is 17.7 Å². The van der Waals surface area contributed by atoms with Crippen molar-refractivity contribution in [3.8, 4) is 10.4 Å². The molecular weight excluding hydrogens is 687 g/mol. The summed E-state index contributed by atoms with van der Waals surface area (Å²) in [4.78, 5) is 55.2. The maximum absolute atomic E-state index is 13.7. The van der Waals surface area contributed by atoms with E-state index in [1.54, 1.807) is 11.3 Å². The lowest BCUT2D eigenvalue weighted by Crippen LogP contribution is -2.58. The van der Waals surface area contributed by atoms with Gasteiger partial charge in [-0.25, -0.2) is 9.78 Å². The molecule has 1 aromatic carbocycles. The molecule has 1 aliphatic heterocycles. The predicted octanol–water partition coefficient (Wildman–Crippen LogP) is 1.87. The minimum Gasteiger partial charge on any atom is -0.475 e. The van der Waals surface area contributed by atoms with Crippen LogP contribution in [0.15, 0.2) is 29.8 Å². The normalized spacial score (nSPS) is 16.7. The molecule has 14 nitrogen and oxygen atoms in total. The number of likely N-dealkylation sites (tertiary alicyclic amines) is 1. The van der Waals surface area contributed by atoms with Gasteiger partial charge in [-0.1, -0.05) is 45.0 Å². The summed E-state index contributed by atoms with van der Waals surface area (Å²) in [5, 5.41) is 23.2. The Balaban J connectivity index is 0.00000112. The van der Waals surface area contributed by atoms with Gasteiger partial charge in [-0.15, -0.1) is 11.3 Å². The van der Waals surface area contributed by atoms with Crippen LogP contribution in [0.25, 0.3) is 10.4 Å². The number of carbonyl (C=O) groups excluding carboxylic acids is 3. The van der Waals surface area contributed by atoms with E-state index in [-0.39, 0.29) is 38.6 Å². The van der Waals surface area contributed by atoms with Crippen molar-refractivity contribution in [2.24, 2.45) is 11.1 Å². The number of carboxylic acid groups (broad SMARTS) is 1. The van der Waals surface area contributed by atoms with Gasteiger partial charge >= 0.3 is 12.1 Å². The Hall–Kier alpha value is -3.68. The first-order valence-electron chi connectivity index (χ1n) is 15.7. The van der Waals surface area contributed by atoms with Gasteiger partial charge in [0.15, 0.2) is 0 Å². The third-order valence-electron chi connectivity index (χ3n) is 7.19. The second kappa shape index (κ2) is 20.2. The third kappa shape index (κ3) is 14.3. The number of amides is 3. The Morgan fingerprint density at radius 3 is 2.14 bits per heavy atom. The summed E-state index contributed by atoms with van der Waals surface area (Å²) in [6.07, 6.45) is -5.81. The van der Waals surface area contributed by atoms with Crippen LogP contribution >= 0.6 is 11.3 Å². The monoisotopic (exact) mass is 733 g/mol. The van der Waals surface area contributed by atoms with Crippen LogP contribution in [0.5, 0.6) is 0 Å². The largest absolute Gasteiger partial charge is 0.490 e. The number of thiazole rings is 1. The molecule has 0 aliphatic carbocycles. The fourth-order valence-electron chi connectivity index (χ4n) is 4.67. The minimum atomic E-state index is -5.08. The maximum atomic E-state index is 13.7. The smallest absolute Gasteiger partial charge is 0.475 e. The number of hydrogen-bond acceptors (Lipinski definition) is 11. The number of hydrogen-bond donors (Lipinski definition) is 5. The van der Waals surface area contributed by atoms with Crippen LogP contribution in [-0.2, 0) is 39.9 Å². The fraction of sp³-hybridized carbons (Fsp3) is 0.594. The molecule has 0 saturated carbocycles. The summed E-state index contributed by atoms with van der Waals surface area (Å²) >= 11 is 1.58. The molecule has 0 unspecified atom stereocenters. The van der Waals surface area contributed by atoms with Crippen molar-refractivity contribution in [2.75, 3.05) is 52.7 Å². The molecule has 280 valence electrons. The third-order valence-corrected chi connectivity index (χ3v) is 8.17. The van der Waals surface area contributed by atoms with Crippen LogP contribution in [0.4, 0.5) is 13.2 Å². The maximum Gasteiger partial charge on any atom is 0.490 e. The first-order chi connectivity index (χ1) is 23.4. The summed E-state index contributed by atoms with van der Waals surface area (Å²) in [6, 6.07) is 6.08. The zero-order valence-corrected chi connectivity index (χ0v) is 29.3. The minimum absolute atomic E-state index is 0.00506. The van der Waals surface area contributed by atoms with Gasteiger partial charge in [0.25, 0.3) is 0 Å². The molecule has 3 rings (SSSR count). The van der Waals surface area contributed by atoms with Gasteiger partial charge < -0.3 is 45.7 Å². The highest BCUT2D eigenvalue weighted by Crippen LogP contribution is 2.28. The quantitative estimate of drug-likeness (QED) is 0.158. The lowest BCUT2D eigenvalue weighted by molar-refractivity contribution is -0.192. The van der Waals surface area contributed by atoms with Crippen molar-refractivity contribution in [3.05, 3.63) is 41.0 Å². The number of β-amino-alcohol motifs (C(OH)–C–C–N with tert-alkyl or cyclic N) is 1. The number of nitrogens with two attached hydrogens (primary N) is 1. The van der Waals surface area contributed by atoms with Crippen molar-refractivity contribution in [1.29, 1.82) is 0 Å². The molecule has 6 N–H and O–H groups in total. The Labute approximate surface area is 292 Å². The molecule has 50 heavy (non-hydrogen) atoms. The Kier molecular flexibility index (Phi) is 17.2. The SMILES string of the molecule is Cc1ncsc1-c1ccc(CNC(=O)[C@H]2C[C@H](O)CN2C(=O)[C@H](NC(=O)COCCOCCOCCN)C(C)(C)C)cc1.O=C(O)C(F)(F)F. The number of benzene rings is 1. The van der Waals surface area contributed by atoms with E-state index in [1.807, 2.05) is 57.5 Å². The highest BCUT2D eigenvalue weighted by molar-refractivity contribution is 7.13. The number of aryl methyl sites for hydroxylation is 1. The number of aromatic nitrogens is 1. The second-order valence-corrected chi connectivity index (χ2v) is 13.2. The number of aliphatic hydroxyl groups excluding tert-OH is 1. The van der Waals surface area contributed by atoms with Crippen LogP contribution in [0.1, 0.15) is 38.4 Å². The zero-order valence-electron chi connectivity index (χ0n) is 28.5. The molecule has 3 amide bonds. The number of aliphatic hydroxyl groups is 1. The number of carbonyl (C=O) groups is 4. The molecule has 1 saturated heterocycles. The van der Waals surface area contributed by atoms with Crippen molar-refractivity contribution >= 4 is 35.0 Å². The van der Waals surface area contributed by atoms with E-state index < -0.39 is 47.6 Å². The van der Waals surface area contributed by atoms with Gasteiger partial charge in [-0.2, -0.15) is 13.2 Å². The summed E-state index contributed by atoms with van der Waals surface area (Å²) in [5.74, 6) is -4.00. The standard InChI is InChI=1S/C30H45N5O7S.C2HF3O2/c1-20-26(43-19-33-20)22-7-5-21(6-8-22)16-32-28(38)24-15-23(36)17-35(24)29(39)27(30(2,3)4)34-25(37)18-42-14-13-41-12-11-40-10-9-31;3-2(4,5)1(6)7/h5-8,19,23-24,27,36H,9-18,31H2,1-4H3,(H,32,38)(H,34,37);(H,6,7)/t23-,24+,27-;/m0./s1. The van der Waals surface area contributed by atoms with Crippen LogP contribution in [-0.4, -0.2) is 121 Å². The molecule has 0 radical (unpaired) electrons. The fourth-order valence-corrected chi connectivity index (χ4v) is 5.48. The molecule has 0 spiro atoms. The summed E-state index contributed by atoms with van der Waals surface area (Å²) < 4.78 is 47.7. The number of nitrogens with zero attached hydrogens (tertiary/aromatic N) is 2. The van der Waals surface area contributed by atoms with E-state index in [0.717, 1.165) is 21.7 Å². The van der Waals surface area contributed by atoms with Crippen molar-refractivity contribution in [1.82, 2.24) is 20.5 Å². The lowest BCUT2D eigenvalue weighted by Gasteiger charge is -2.35. The van der Waals surface area contributed by atoms with E-state index in [0.29, 0.717) is 33.0 Å². The first-order valence-corrected chi connectivity index (χ1v) is 16.6. The van der Waals surface area contributed by atoms with Crippen molar-refractivity contribution < 1.29 is 56.8 Å². The number of nitrogens with one attached hydrogen (secondary N) is 2. The Morgan fingerprint density at radius 1 is 1.04 bits per heavy atom. The van der Waals surface area contributed by atoms with Crippen LogP contribution in [0, 0.1) is 12.3 Å². The topological polar surface area (TPSA) is 203 Å². The van der Waals surface area contributed by atoms with E-state index in [2.05, 4.69) is 15.6 Å². The average molecular weight is 734 g/mol. The van der Waals surface area contributed by atoms with Gasteiger partial charge in [0.1, 0.15) is 18.7 Å². The van der Waals surface area contributed by atoms with E-state index in [9.17, 15) is 32.7 Å². The molecule has 1 fully saturated rings. The number of aliphatic carboxylic acids is 1. The number of carboxylic acids is 1. The summed E-state index contributed by atoms with van der Waals surface area (Å²) in [5.41, 5.74) is 9.44. The van der Waals surface area contributed by atoms with Gasteiger partial charge in [0.05, 0.1) is 55.2 Å². The molecule has 2 aromatic rings. The number of alkyl halides is 3.